The van der Waals surface area contributed by atoms with Crippen molar-refractivity contribution < 1.29 is 14.7 Å². The van der Waals surface area contributed by atoms with Gasteiger partial charge in [0.25, 0.3) is 5.91 Å². The van der Waals surface area contributed by atoms with Crippen LogP contribution >= 0.6 is 0 Å². The minimum absolute atomic E-state index is 0.355. The fourth-order valence-corrected chi connectivity index (χ4v) is 1.46. The second kappa shape index (κ2) is 6.03. The van der Waals surface area contributed by atoms with E-state index in [-0.39, 0.29) is 12.5 Å². The molecule has 92 valence electrons. The Bertz CT molecular complexity index is 398. The predicted molar refractivity (Wildman–Crippen MR) is 65.1 cm³/mol. The molecule has 17 heavy (non-hydrogen) atoms. The summed E-state index contributed by atoms with van der Waals surface area (Å²) in [6.07, 6.45) is 1.05. The molecule has 0 fully saturated rings. The van der Waals surface area contributed by atoms with Crippen LogP contribution in [-0.4, -0.2) is 23.5 Å². The van der Waals surface area contributed by atoms with Gasteiger partial charge in [-0.3, -0.25) is 9.59 Å². The van der Waals surface area contributed by atoms with E-state index in [1.165, 1.54) is 5.56 Å². The Morgan fingerprint density at radius 3 is 2.35 bits per heavy atom. The first-order chi connectivity index (χ1) is 8.04. The van der Waals surface area contributed by atoms with Gasteiger partial charge in [-0.2, -0.15) is 0 Å². The lowest BCUT2D eigenvalue weighted by molar-refractivity contribution is -0.135. The Hall–Kier alpha value is -1.84. The summed E-state index contributed by atoms with van der Waals surface area (Å²) >= 11 is 0. The number of aliphatic carboxylic acids is 1. The maximum absolute atomic E-state index is 11.5. The second-order valence-electron chi connectivity index (χ2n) is 4.01. The van der Waals surface area contributed by atoms with E-state index in [1.807, 2.05) is 12.1 Å². The van der Waals surface area contributed by atoms with Crippen molar-refractivity contribution >= 4 is 11.9 Å². The highest BCUT2D eigenvalue weighted by Gasteiger charge is 2.08. The van der Waals surface area contributed by atoms with Gasteiger partial charge < -0.3 is 10.4 Å². The van der Waals surface area contributed by atoms with Gasteiger partial charge in [-0.25, -0.2) is 0 Å². The van der Waals surface area contributed by atoms with E-state index in [2.05, 4.69) is 19.2 Å². The summed E-state index contributed by atoms with van der Waals surface area (Å²) in [4.78, 5) is 21.8. The van der Waals surface area contributed by atoms with Crippen molar-refractivity contribution in [1.29, 1.82) is 0 Å². The Balaban J connectivity index is 2.67. The fraction of sp³-hybridized carbons (Fsp3) is 0.385. The molecule has 0 heterocycles. The number of carbonyl (C=O) groups excluding carboxylic acids is 1. The number of carbonyl (C=O) groups is 2. The molecule has 0 saturated carbocycles. The minimum atomic E-state index is -1.05. The normalized spacial score (nSPS) is 11.9. The maximum atomic E-state index is 11.5. The quantitative estimate of drug-likeness (QED) is 0.820. The van der Waals surface area contributed by atoms with Gasteiger partial charge in [0.2, 0.25) is 0 Å². The number of carboxylic acids is 1. The van der Waals surface area contributed by atoms with Crippen molar-refractivity contribution in [2.45, 2.75) is 26.2 Å². The van der Waals surface area contributed by atoms with Gasteiger partial charge in [-0.05, 0) is 30.0 Å². The third-order valence-corrected chi connectivity index (χ3v) is 2.75. The molecule has 1 aromatic rings. The standard InChI is InChI=1S/C13H17NO3/c1-3-9(2)10-4-6-11(7-5-10)13(17)14-8-12(15)16/h4-7,9H,3,8H2,1-2H3,(H,14,17)(H,15,16). The average Bonchev–Trinajstić information content (AvgIpc) is 2.35. The van der Waals surface area contributed by atoms with Gasteiger partial charge in [-0.15, -0.1) is 0 Å². The van der Waals surface area contributed by atoms with Gasteiger partial charge in [0.05, 0.1) is 0 Å². The third kappa shape index (κ3) is 3.90. The monoisotopic (exact) mass is 235 g/mol. The molecule has 1 atom stereocenters. The Morgan fingerprint density at radius 1 is 1.29 bits per heavy atom. The molecule has 2 N–H and O–H groups in total. The highest BCUT2D eigenvalue weighted by molar-refractivity contribution is 5.95. The van der Waals surface area contributed by atoms with Crippen molar-refractivity contribution in [2.75, 3.05) is 6.54 Å². The number of carboxylic acid groups (broad SMARTS) is 1. The molecule has 4 nitrogen and oxygen atoms in total. The Morgan fingerprint density at radius 2 is 1.88 bits per heavy atom. The maximum Gasteiger partial charge on any atom is 0.322 e. The zero-order valence-electron chi connectivity index (χ0n) is 10.1. The van der Waals surface area contributed by atoms with E-state index < -0.39 is 5.97 Å². The van der Waals surface area contributed by atoms with Crippen LogP contribution in [0.15, 0.2) is 24.3 Å². The third-order valence-electron chi connectivity index (χ3n) is 2.75. The fourth-order valence-electron chi connectivity index (χ4n) is 1.46. The molecule has 1 unspecified atom stereocenters. The van der Waals surface area contributed by atoms with Crippen molar-refractivity contribution in [3.8, 4) is 0 Å². The summed E-state index contributed by atoms with van der Waals surface area (Å²) in [6.45, 7) is 3.88. The molecule has 1 aromatic carbocycles. The molecule has 0 aliphatic rings. The zero-order chi connectivity index (χ0) is 12.8. The van der Waals surface area contributed by atoms with Gasteiger partial charge in [-0.1, -0.05) is 26.0 Å². The van der Waals surface area contributed by atoms with Gasteiger partial charge in [0.1, 0.15) is 6.54 Å². The van der Waals surface area contributed by atoms with E-state index in [1.54, 1.807) is 12.1 Å². The lowest BCUT2D eigenvalue weighted by Gasteiger charge is -2.09. The Kier molecular flexibility index (Phi) is 4.69. The molecular formula is C13H17NO3. The largest absolute Gasteiger partial charge is 0.480 e. The van der Waals surface area contributed by atoms with E-state index in [0.717, 1.165) is 6.42 Å². The molecule has 1 rings (SSSR count). The second-order valence-corrected chi connectivity index (χ2v) is 4.01. The first-order valence-corrected chi connectivity index (χ1v) is 5.64. The van der Waals surface area contributed by atoms with E-state index in [4.69, 9.17) is 5.11 Å². The molecule has 0 aliphatic heterocycles. The van der Waals surface area contributed by atoms with E-state index in [0.29, 0.717) is 11.5 Å². The van der Waals surface area contributed by atoms with Crippen molar-refractivity contribution in [1.82, 2.24) is 5.32 Å². The summed E-state index contributed by atoms with van der Waals surface area (Å²) in [5.41, 5.74) is 1.67. The minimum Gasteiger partial charge on any atom is -0.480 e. The highest BCUT2D eigenvalue weighted by Crippen LogP contribution is 2.18. The SMILES string of the molecule is CCC(C)c1ccc(C(=O)NCC(=O)O)cc1. The van der Waals surface area contributed by atoms with Gasteiger partial charge in [0, 0.05) is 5.56 Å². The predicted octanol–water partition coefficient (Wildman–Crippen LogP) is 2.01. The van der Waals surface area contributed by atoms with Crippen LogP contribution < -0.4 is 5.32 Å². The molecule has 0 saturated heterocycles. The van der Waals surface area contributed by atoms with Crippen molar-refractivity contribution in [2.24, 2.45) is 0 Å². The van der Waals surface area contributed by atoms with Crippen LogP contribution in [-0.2, 0) is 4.79 Å². The van der Waals surface area contributed by atoms with Crippen LogP contribution in [0.1, 0.15) is 42.1 Å². The van der Waals surface area contributed by atoms with Crippen LogP contribution in [0.3, 0.4) is 0 Å². The first kappa shape index (κ1) is 13.2. The molecule has 0 aromatic heterocycles. The smallest absolute Gasteiger partial charge is 0.322 e. The number of benzene rings is 1. The highest BCUT2D eigenvalue weighted by atomic mass is 16.4. The van der Waals surface area contributed by atoms with E-state index in [9.17, 15) is 9.59 Å². The van der Waals surface area contributed by atoms with Gasteiger partial charge >= 0.3 is 5.97 Å². The topological polar surface area (TPSA) is 66.4 Å². The molecule has 0 bridgehead atoms. The number of rotatable bonds is 5. The molecule has 4 heteroatoms. The molecule has 0 radical (unpaired) electrons. The Labute approximate surface area is 101 Å². The van der Waals surface area contributed by atoms with Crippen molar-refractivity contribution in [3.05, 3.63) is 35.4 Å². The van der Waals surface area contributed by atoms with Crippen LogP contribution in [0.5, 0.6) is 0 Å². The summed E-state index contributed by atoms with van der Waals surface area (Å²) in [7, 11) is 0. The number of hydrogen-bond donors (Lipinski definition) is 2. The molecule has 0 spiro atoms. The summed E-state index contributed by atoms with van der Waals surface area (Å²) < 4.78 is 0. The summed E-state index contributed by atoms with van der Waals surface area (Å²) in [6, 6.07) is 7.26. The first-order valence-electron chi connectivity index (χ1n) is 5.64. The lowest BCUT2D eigenvalue weighted by atomic mass is 9.97. The van der Waals surface area contributed by atoms with E-state index >= 15 is 0 Å². The zero-order valence-corrected chi connectivity index (χ0v) is 10.1. The van der Waals surface area contributed by atoms with Crippen LogP contribution in [0.25, 0.3) is 0 Å². The number of amides is 1. The average molecular weight is 235 g/mol. The van der Waals surface area contributed by atoms with Crippen molar-refractivity contribution in [3.63, 3.8) is 0 Å². The molecule has 0 aliphatic carbocycles. The number of hydrogen-bond acceptors (Lipinski definition) is 2. The van der Waals surface area contributed by atoms with Crippen LogP contribution in [0, 0.1) is 0 Å². The van der Waals surface area contributed by atoms with Crippen LogP contribution in [0.4, 0.5) is 0 Å². The molecular weight excluding hydrogens is 218 g/mol. The summed E-state index contributed by atoms with van der Waals surface area (Å²) in [5, 5.41) is 10.8. The molecule has 1 amide bonds. The lowest BCUT2D eigenvalue weighted by Crippen LogP contribution is -2.29. The van der Waals surface area contributed by atoms with Gasteiger partial charge in [0.15, 0.2) is 0 Å². The van der Waals surface area contributed by atoms with Crippen LogP contribution in [0.2, 0.25) is 0 Å². The summed E-state index contributed by atoms with van der Waals surface area (Å²) in [5.74, 6) is -0.941. The number of nitrogens with one attached hydrogen (secondary N) is 1.